The van der Waals surface area contributed by atoms with E-state index in [1.54, 1.807) is 14.0 Å². The molecule has 2 aliphatic heterocycles. The average Bonchev–Trinajstić information content (AvgIpc) is 2.82. The van der Waals surface area contributed by atoms with Gasteiger partial charge in [0.2, 0.25) is 0 Å². The Morgan fingerprint density at radius 1 is 1.22 bits per heavy atom. The maximum atomic E-state index is 12.5. The molecule has 2 aliphatic rings. The van der Waals surface area contributed by atoms with E-state index in [1.807, 2.05) is 0 Å². The quantitative estimate of drug-likeness (QED) is 0.307. The molecular weight excluding hydrogens is 311 g/mol. The van der Waals surface area contributed by atoms with Gasteiger partial charge in [-0.25, -0.2) is 0 Å². The third-order valence-electron chi connectivity index (χ3n) is 3.63. The Balaban J connectivity index is 0.00000192. The van der Waals surface area contributed by atoms with Crippen molar-refractivity contribution >= 4 is 5.69 Å². The monoisotopic (exact) mass is 322 g/mol. The fourth-order valence-corrected chi connectivity index (χ4v) is 2.30. The zero-order chi connectivity index (χ0) is 16.0. The molecule has 0 unspecified atom stereocenters. The molecule has 3 rings (SSSR count). The molecule has 0 bridgehead atoms. The second-order valence-corrected chi connectivity index (χ2v) is 4.88. The summed E-state index contributed by atoms with van der Waals surface area (Å²) in [5.74, 6) is -0.252. The van der Waals surface area contributed by atoms with Gasteiger partial charge in [0.25, 0.3) is 11.2 Å². The fraction of sp³-hybridized carbons (Fsp3) is 0.143. The Kier molecular flexibility index (Phi) is 4.60. The molecule has 0 aliphatic carbocycles. The zero-order valence-corrected chi connectivity index (χ0v) is 14.8. The Bertz CT molecular complexity index is 914. The Labute approximate surface area is 152 Å². The van der Waals surface area contributed by atoms with Crippen molar-refractivity contribution in [2.75, 3.05) is 0 Å². The third-order valence-corrected chi connectivity index (χ3v) is 3.63. The number of aromatic nitrogens is 3. The van der Waals surface area contributed by atoms with E-state index < -0.39 is 4.92 Å². The van der Waals surface area contributed by atoms with Crippen LogP contribution >= 0.6 is 0 Å². The van der Waals surface area contributed by atoms with Gasteiger partial charge < -0.3 is 9.67 Å². The van der Waals surface area contributed by atoms with Crippen LogP contribution in [0.15, 0.2) is 35.1 Å². The molecule has 9 heteroatoms. The number of nitro groups is 1. The van der Waals surface area contributed by atoms with Crippen LogP contribution in [0.5, 0.6) is 5.88 Å². The van der Waals surface area contributed by atoms with Crippen LogP contribution in [0.2, 0.25) is 0 Å². The van der Waals surface area contributed by atoms with Crippen molar-refractivity contribution < 1.29 is 39.6 Å². The molecule has 1 aromatic carbocycles. The average molecular weight is 322 g/mol. The first-order chi connectivity index (χ1) is 10.4. The standard InChI is InChI=1S/C14H12N4O4.Na/c1-8-13-11(7-12(19)16(8)2)15-17(14(13)20)9-3-5-10(6-4-9)18(21)22;/h3-7,19H,1-2H3;/q;+1/p-1. The molecule has 0 aromatic heterocycles. The predicted molar refractivity (Wildman–Crippen MR) is 76.3 cm³/mol. The van der Waals surface area contributed by atoms with E-state index in [0.717, 1.165) is 4.68 Å². The van der Waals surface area contributed by atoms with Crippen LogP contribution in [0.1, 0.15) is 5.69 Å². The topological polar surface area (TPSA) is 106 Å². The molecule has 23 heavy (non-hydrogen) atoms. The first-order valence-electron chi connectivity index (χ1n) is 6.41. The smallest absolute Gasteiger partial charge is 0.860 e. The minimum Gasteiger partial charge on any atom is -0.860 e. The maximum Gasteiger partial charge on any atom is 1.00 e. The number of rotatable bonds is 2. The van der Waals surface area contributed by atoms with Crippen LogP contribution in [-0.4, -0.2) is 19.3 Å². The molecule has 0 fully saturated rings. The molecule has 0 saturated carbocycles. The summed E-state index contributed by atoms with van der Waals surface area (Å²) < 4.78 is 2.52. The van der Waals surface area contributed by atoms with E-state index >= 15 is 0 Å². The first-order valence-corrected chi connectivity index (χ1v) is 6.41. The van der Waals surface area contributed by atoms with Crippen LogP contribution in [0.3, 0.4) is 0 Å². The summed E-state index contributed by atoms with van der Waals surface area (Å²) in [6.07, 6.45) is 0. The van der Waals surface area contributed by atoms with Crippen molar-refractivity contribution in [2.45, 2.75) is 6.92 Å². The first kappa shape index (κ1) is 17.2. The molecule has 112 valence electrons. The second-order valence-electron chi connectivity index (χ2n) is 4.88. The summed E-state index contributed by atoms with van der Waals surface area (Å²) in [6, 6.07) is 6.78. The number of non-ortho nitro benzene ring substituents is 1. The van der Waals surface area contributed by atoms with Crippen molar-refractivity contribution in [3.8, 4) is 22.8 Å². The van der Waals surface area contributed by atoms with Gasteiger partial charge in [-0.05, 0) is 31.0 Å². The van der Waals surface area contributed by atoms with Crippen LogP contribution < -0.4 is 40.2 Å². The van der Waals surface area contributed by atoms with E-state index in [4.69, 9.17) is 0 Å². The molecular formula is C14H11N4NaO4. The Morgan fingerprint density at radius 3 is 2.39 bits per heavy atom. The van der Waals surface area contributed by atoms with Crippen molar-refractivity contribution in [2.24, 2.45) is 7.05 Å². The molecule has 8 nitrogen and oxygen atoms in total. The SMILES string of the molecule is Cc1c2c(=O)n(-c3ccc([N+](=O)[O-])cc3)nc-2cc([O-])n1C.[Na+]. The summed E-state index contributed by atoms with van der Waals surface area (Å²) in [4.78, 5) is 22.6. The van der Waals surface area contributed by atoms with Gasteiger partial charge in [-0.1, -0.05) is 0 Å². The number of benzene rings is 1. The van der Waals surface area contributed by atoms with E-state index in [2.05, 4.69) is 5.10 Å². The summed E-state index contributed by atoms with van der Waals surface area (Å²) in [5.41, 5.74) is 1.17. The van der Waals surface area contributed by atoms with E-state index in [0.29, 0.717) is 22.6 Å². The van der Waals surface area contributed by atoms with Gasteiger partial charge in [-0.3, -0.25) is 14.9 Å². The normalized spacial score (nSPS) is 10.5. The summed E-state index contributed by atoms with van der Waals surface area (Å²) >= 11 is 0. The number of nitrogens with zero attached hydrogens (tertiary/aromatic N) is 4. The molecule has 0 spiro atoms. The van der Waals surface area contributed by atoms with Gasteiger partial charge in [0.15, 0.2) is 0 Å². The van der Waals surface area contributed by atoms with Crippen LogP contribution in [0.4, 0.5) is 5.69 Å². The van der Waals surface area contributed by atoms with Gasteiger partial charge in [-0.15, -0.1) is 0 Å². The minimum atomic E-state index is -0.519. The van der Waals surface area contributed by atoms with Crippen molar-refractivity contribution in [3.05, 3.63) is 56.5 Å². The van der Waals surface area contributed by atoms with Crippen molar-refractivity contribution in [1.82, 2.24) is 14.3 Å². The van der Waals surface area contributed by atoms with Gasteiger partial charge in [0.1, 0.15) is 0 Å². The molecule has 2 heterocycles. The van der Waals surface area contributed by atoms with E-state index in [1.165, 1.54) is 34.9 Å². The molecule has 0 atom stereocenters. The fourth-order valence-electron chi connectivity index (χ4n) is 2.30. The number of fused-ring (bicyclic) bond motifs is 1. The summed E-state index contributed by atoms with van der Waals surface area (Å²) in [7, 11) is 1.58. The number of pyridine rings is 1. The van der Waals surface area contributed by atoms with Crippen LogP contribution in [-0.2, 0) is 7.05 Å². The van der Waals surface area contributed by atoms with Crippen LogP contribution in [0, 0.1) is 17.0 Å². The van der Waals surface area contributed by atoms with Gasteiger partial charge in [0, 0.05) is 24.9 Å². The van der Waals surface area contributed by atoms with Gasteiger partial charge in [0.05, 0.1) is 21.9 Å². The third kappa shape index (κ3) is 2.76. The molecule has 0 radical (unpaired) electrons. The van der Waals surface area contributed by atoms with Gasteiger partial charge in [-0.2, -0.15) is 9.78 Å². The molecule has 0 saturated heterocycles. The Morgan fingerprint density at radius 2 is 1.83 bits per heavy atom. The maximum absolute atomic E-state index is 12.5. The van der Waals surface area contributed by atoms with Gasteiger partial charge >= 0.3 is 29.6 Å². The number of nitro benzene ring substituents is 1. The predicted octanol–water partition coefficient (Wildman–Crippen LogP) is -2.03. The van der Waals surface area contributed by atoms with Crippen molar-refractivity contribution in [3.63, 3.8) is 0 Å². The largest absolute Gasteiger partial charge is 1.00 e. The molecule has 0 amide bonds. The van der Waals surface area contributed by atoms with E-state index in [-0.39, 0.29) is 46.7 Å². The number of hydrogen-bond donors (Lipinski definition) is 0. The van der Waals surface area contributed by atoms with E-state index in [9.17, 15) is 20.0 Å². The second kappa shape index (κ2) is 6.15. The molecule has 0 N–H and O–H groups in total. The zero-order valence-electron chi connectivity index (χ0n) is 12.8. The summed E-state index contributed by atoms with van der Waals surface area (Å²) in [6.45, 7) is 1.67. The van der Waals surface area contributed by atoms with Crippen LogP contribution in [0.25, 0.3) is 16.9 Å². The number of hydrogen-bond acceptors (Lipinski definition) is 5. The molecule has 1 aromatic rings. The summed E-state index contributed by atoms with van der Waals surface area (Å²) in [5, 5.41) is 26.6. The minimum absolute atomic E-state index is 0. The Hall–Kier alpha value is -2.16. The van der Waals surface area contributed by atoms with Crippen molar-refractivity contribution in [1.29, 1.82) is 0 Å².